The summed E-state index contributed by atoms with van der Waals surface area (Å²) in [4.78, 5) is 0. The van der Waals surface area contributed by atoms with E-state index in [9.17, 15) is 0 Å². The number of fused-ring (bicyclic) bond motifs is 1. The Labute approximate surface area is 140 Å². The van der Waals surface area contributed by atoms with Crippen LogP contribution >= 0.6 is 0 Å². The third-order valence-corrected chi connectivity index (χ3v) is 3.99. The molecular weight excluding hydrogens is 280 g/mol. The van der Waals surface area contributed by atoms with E-state index in [0.717, 1.165) is 12.8 Å². The fourth-order valence-electron chi connectivity index (χ4n) is 2.57. The van der Waals surface area contributed by atoms with Crippen LogP contribution in [0.15, 0.2) is 54.6 Å². The summed E-state index contributed by atoms with van der Waals surface area (Å²) in [7, 11) is 0. The number of benzene rings is 2. The Morgan fingerprint density at radius 2 is 1.87 bits per heavy atom. The molecule has 1 heteroatoms. The summed E-state index contributed by atoms with van der Waals surface area (Å²) in [6.45, 7) is 6.25. The average molecular weight is 306 g/mol. The van der Waals surface area contributed by atoms with Gasteiger partial charge in [-0.15, -0.1) is 0 Å². The zero-order valence-electron chi connectivity index (χ0n) is 14.3. The number of aliphatic hydroxyl groups is 1. The zero-order chi connectivity index (χ0) is 16.7. The highest BCUT2D eigenvalue weighted by Crippen LogP contribution is 2.22. The Morgan fingerprint density at radius 3 is 2.65 bits per heavy atom. The quantitative estimate of drug-likeness (QED) is 0.772. The van der Waals surface area contributed by atoms with E-state index in [-0.39, 0.29) is 12.0 Å². The molecule has 1 N–H and O–H groups in total. The summed E-state index contributed by atoms with van der Waals surface area (Å²) in [5.74, 6) is 6.68. The molecule has 0 aliphatic heterocycles. The minimum Gasteiger partial charge on any atom is -0.395 e. The molecule has 0 fully saturated rings. The second kappa shape index (κ2) is 7.99. The van der Waals surface area contributed by atoms with E-state index in [0.29, 0.717) is 5.92 Å². The number of rotatable bonds is 5. The fourth-order valence-corrected chi connectivity index (χ4v) is 2.57. The van der Waals surface area contributed by atoms with Crippen LogP contribution in [-0.2, 0) is 6.42 Å². The Hall–Kier alpha value is -2.04. The number of hydrogen-bond donors (Lipinski definition) is 1. The van der Waals surface area contributed by atoms with Crippen LogP contribution in [0.1, 0.15) is 32.8 Å². The first-order chi connectivity index (χ1) is 11.0. The molecule has 0 aliphatic rings. The van der Waals surface area contributed by atoms with Crippen LogP contribution in [-0.4, -0.2) is 11.7 Å². The van der Waals surface area contributed by atoms with Gasteiger partial charge in [-0.25, -0.2) is 0 Å². The molecule has 0 radical (unpaired) electrons. The van der Waals surface area contributed by atoms with Gasteiger partial charge in [0.25, 0.3) is 0 Å². The zero-order valence-corrected chi connectivity index (χ0v) is 14.3. The lowest BCUT2D eigenvalue weighted by Crippen LogP contribution is -2.13. The molecule has 0 spiro atoms. The van der Waals surface area contributed by atoms with Gasteiger partial charge in [-0.3, -0.25) is 0 Å². The predicted molar refractivity (Wildman–Crippen MR) is 99.2 cm³/mol. The molecule has 1 unspecified atom stereocenters. The van der Waals surface area contributed by atoms with Crippen molar-refractivity contribution in [3.63, 3.8) is 0 Å². The predicted octanol–water partition coefficient (Wildman–Crippen LogP) is 4.99. The van der Waals surface area contributed by atoms with Crippen molar-refractivity contribution in [2.45, 2.75) is 33.6 Å². The van der Waals surface area contributed by atoms with Crippen molar-refractivity contribution >= 4 is 10.8 Å². The van der Waals surface area contributed by atoms with E-state index in [4.69, 9.17) is 5.11 Å². The Balaban J connectivity index is 1.96. The third-order valence-electron chi connectivity index (χ3n) is 3.99. The van der Waals surface area contributed by atoms with Gasteiger partial charge in [-0.2, -0.15) is 0 Å². The molecule has 2 aromatic carbocycles. The maximum atomic E-state index is 9.16. The average Bonchev–Trinajstić information content (AvgIpc) is 2.55. The first-order valence-electron chi connectivity index (χ1n) is 8.27. The van der Waals surface area contributed by atoms with Crippen LogP contribution in [0.2, 0.25) is 0 Å². The van der Waals surface area contributed by atoms with Crippen LogP contribution in [0.25, 0.3) is 10.8 Å². The third kappa shape index (κ3) is 5.27. The topological polar surface area (TPSA) is 20.2 Å². The smallest absolute Gasteiger partial charge is 0.0591 e. The van der Waals surface area contributed by atoms with Gasteiger partial charge >= 0.3 is 0 Å². The second-order valence-electron chi connectivity index (χ2n) is 6.90. The summed E-state index contributed by atoms with van der Waals surface area (Å²) in [5.41, 5.74) is 1.09. The standard InChI is InChI=1S/C22H26O/c1-18(10-5-4-8-15-22(2,3)17-23)16-20-13-9-12-19-11-6-7-14-21(19)20/h4-7,9,11-14,18,23H,10,16-17H2,1-3H3/b5-4+. The molecule has 0 heterocycles. The molecule has 2 rings (SSSR count). The highest BCUT2D eigenvalue weighted by Gasteiger charge is 2.10. The van der Waals surface area contributed by atoms with Crippen LogP contribution in [0.3, 0.4) is 0 Å². The Kier molecular flexibility index (Phi) is 6.02. The van der Waals surface area contributed by atoms with Gasteiger partial charge in [0.2, 0.25) is 0 Å². The molecule has 0 aromatic heterocycles. The van der Waals surface area contributed by atoms with Crippen molar-refractivity contribution in [1.82, 2.24) is 0 Å². The molecular formula is C22H26O. The van der Waals surface area contributed by atoms with Gasteiger partial charge in [0.05, 0.1) is 6.61 Å². The molecule has 0 amide bonds. The van der Waals surface area contributed by atoms with Gasteiger partial charge in [-0.05, 0) is 55.0 Å². The first kappa shape index (κ1) is 17.3. The fraction of sp³-hybridized carbons (Fsp3) is 0.364. The first-order valence-corrected chi connectivity index (χ1v) is 8.27. The molecule has 120 valence electrons. The van der Waals surface area contributed by atoms with Crippen LogP contribution in [0, 0.1) is 23.2 Å². The van der Waals surface area contributed by atoms with E-state index < -0.39 is 0 Å². The lowest BCUT2D eigenvalue weighted by molar-refractivity contribution is 0.207. The van der Waals surface area contributed by atoms with E-state index in [1.165, 1.54) is 16.3 Å². The normalized spacial score (nSPS) is 13.0. The van der Waals surface area contributed by atoms with Crippen molar-refractivity contribution in [2.75, 3.05) is 6.61 Å². The van der Waals surface area contributed by atoms with Gasteiger partial charge in [0, 0.05) is 5.41 Å². The van der Waals surface area contributed by atoms with Crippen molar-refractivity contribution in [3.05, 3.63) is 60.2 Å². The summed E-state index contributed by atoms with van der Waals surface area (Å²) in [6.07, 6.45) is 6.13. The van der Waals surface area contributed by atoms with Crippen LogP contribution < -0.4 is 0 Å². The highest BCUT2D eigenvalue weighted by atomic mass is 16.3. The molecule has 1 atom stereocenters. The summed E-state index contributed by atoms with van der Waals surface area (Å²) >= 11 is 0. The number of allylic oxidation sites excluding steroid dienone is 2. The van der Waals surface area contributed by atoms with Crippen LogP contribution in [0.5, 0.6) is 0 Å². The number of aliphatic hydroxyl groups excluding tert-OH is 1. The molecule has 0 saturated carbocycles. The van der Waals surface area contributed by atoms with E-state index in [1.54, 1.807) is 0 Å². The SMILES string of the molecule is CC(C/C=C/C#CC(C)(C)CO)Cc1cccc2ccccc12. The van der Waals surface area contributed by atoms with Gasteiger partial charge in [0.15, 0.2) is 0 Å². The number of hydrogen-bond acceptors (Lipinski definition) is 1. The lowest BCUT2D eigenvalue weighted by atomic mass is 9.94. The second-order valence-corrected chi connectivity index (χ2v) is 6.90. The molecule has 0 bridgehead atoms. The molecule has 2 aromatic rings. The summed E-state index contributed by atoms with van der Waals surface area (Å²) < 4.78 is 0. The van der Waals surface area contributed by atoms with Crippen molar-refractivity contribution in [2.24, 2.45) is 11.3 Å². The van der Waals surface area contributed by atoms with E-state index >= 15 is 0 Å². The maximum Gasteiger partial charge on any atom is 0.0591 e. The molecule has 1 nitrogen and oxygen atoms in total. The maximum absolute atomic E-state index is 9.16. The van der Waals surface area contributed by atoms with Crippen LogP contribution in [0.4, 0.5) is 0 Å². The highest BCUT2D eigenvalue weighted by molar-refractivity contribution is 5.85. The van der Waals surface area contributed by atoms with Gasteiger partial charge in [-0.1, -0.05) is 67.3 Å². The summed E-state index contributed by atoms with van der Waals surface area (Å²) in [6, 6.07) is 15.1. The Bertz CT molecular complexity index is 723. The minimum atomic E-state index is -0.321. The van der Waals surface area contributed by atoms with Gasteiger partial charge < -0.3 is 5.11 Å². The lowest BCUT2D eigenvalue weighted by Gasteiger charge is -2.12. The molecule has 0 saturated heterocycles. The largest absolute Gasteiger partial charge is 0.395 e. The van der Waals surface area contributed by atoms with Crippen molar-refractivity contribution < 1.29 is 5.11 Å². The monoisotopic (exact) mass is 306 g/mol. The summed E-state index contributed by atoms with van der Waals surface area (Å²) in [5, 5.41) is 11.8. The van der Waals surface area contributed by atoms with Crippen molar-refractivity contribution in [3.8, 4) is 11.8 Å². The van der Waals surface area contributed by atoms with Gasteiger partial charge in [0.1, 0.15) is 0 Å². The molecule has 23 heavy (non-hydrogen) atoms. The van der Waals surface area contributed by atoms with Crippen molar-refractivity contribution in [1.29, 1.82) is 0 Å². The minimum absolute atomic E-state index is 0.0886. The van der Waals surface area contributed by atoms with E-state index in [2.05, 4.69) is 67.3 Å². The van der Waals surface area contributed by atoms with E-state index in [1.807, 2.05) is 19.9 Å². The Morgan fingerprint density at radius 1 is 1.13 bits per heavy atom. The molecule has 0 aliphatic carbocycles.